The minimum Gasteiger partial charge on any atom is -0.494 e. The maximum atomic E-state index is 13.0. The topological polar surface area (TPSA) is 119 Å². The van der Waals surface area contributed by atoms with Crippen molar-refractivity contribution in [2.24, 2.45) is 4.99 Å². The lowest BCUT2D eigenvalue weighted by Crippen LogP contribution is -2.45. The summed E-state index contributed by atoms with van der Waals surface area (Å²) in [6.45, 7) is 5.12. The molecule has 1 amide bonds. The molecular formula is C33H35N5O5. The molecule has 10 nitrogen and oxygen atoms in total. The molecule has 2 bridgehead atoms. The molecular weight excluding hydrogens is 546 g/mol. The fraction of sp³-hybridized carbons (Fsp3) is 0.303. The van der Waals surface area contributed by atoms with Gasteiger partial charge in [-0.1, -0.05) is 30.3 Å². The number of H-pyrrole nitrogens is 1. The molecule has 2 atom stereocenters. The van der Waals surface area contributed by atoms with Crippen LogP contribution in [0.1, 0.15) is 43.8 Å². The summed E-state index contributed by atoms with van der Waals surface area (Å²) in [5, 5.41) is 16.5. The largest absolute Gasteiger partial charge is 0.494 e. The lowest BCUT2D eigenvalue weighted by molar-refractivity contribution is -0.111. The number of piperazine rings is 1. The Morgan fingerprint density at radius 1 is 1.09 bits per heavy atom. The number of likely N-dealkylation sites (tertiary alicyclic amines) is 1. The molecule has 1 aromatic heterocycles. The van der Waals surface area contributed by atoms with Gasteiger partial charge in [-0.25, -0.2) is 14.9 Å². The van der Waals surface area contributed by atoms with E-state index in [0.29, 0.717) is 63.2 Å². The number of hydrogen-bond donors (Lipinski definition) is 3. The minimum absolute atomic E-state index is 0.0670. The first-order valence-corrected chi connectivity index (χ1v) is 14.4. The number of fused-ring (bicyclic) bond motifs is 3. The van der Waals surface area contributed by atoms with Gasteiger partial charge in [-0.15, -0.1) is 0 Å². The van der Waals surface area contributed by atoms with E-state index in [1.807, 2.05) is 43.3 Å². The molecule has 0 unspecified atom stereocenters. The number of ether oxygens (including phenoxy) is 1. The predicted molar refractivity (Wildman–Crippen MR) is 164 cm³/mol. The highest BCUT2D eigenvalue weighted by molar-refractivity contribution is 6.22. The average Bonchev–Trinajstić information content (AvgIpc) is 3.73. The number of hydroxylamine groups is 2. The Bertz CT molecular complexity index is 1680. The standard InChI is InChI=1S/C33H35N5O5/c1-20-15-27-28(17-26(20)33(41)42-3)36-31(39)29(27)30(21-7-5-4-6-8-21)35-23-11-9-22(10-12-23)32(40)37(2)43-14-13-38-19-24-16-25(38)18-34-24/h4-12,15,17,24-25,34,36,39H,13-14,16,18-19H2,1-3H3/t24-,25-/m0/s1. The lowest BCUT2D eigenvalue weighted by Gasteiger charge is -2.27. The zero-order valence-electron chi connectivity index (χ0n) is 24.5. The molecule has 0 saturated carbocycles. The van der Waals surface area contributed by atoms with Gasteiger partial charge in [0, 0.05) is 60.8 Å². The quantitative estimate of drug-likeness (QED) is 0.154. The number of esters is 1. The molecule has 2 aliphatic rings. The Morgan fingerprint density at radius 3 is 2.53 bits per heavy atom. The van der Waals surface area contributed by atoms with E-state index in [1.165, 1.54) is 18.6 Å². The molecule has 2 fully saturated rings. The second kappa shape index (κ2) is 12.0. The highest BCUT2D eigenvalue weighted by Gasteiger charge is 2.37. The maximum absolute atomic E-state index is 13.0. The second-order valence-electron chi connectivity index (χ2n) is 11.1. The van der Waals surface area contributed by atoms with Crippen LogP contribution < -0.4 is 5.32 Å². The zero-order valence-corrected chi connectivity index (χ0v) is 24.5. The van der Waals surface area contributed by atoms with Crippen molar-refractivity contribution in [3.05, 3.63) is 94.5 Å². The summed E-state index contributed by atoms with van der Waals surface area (Å²) < 4.78 is 4.91. The fourth-order valence-electron chi connectivity index (χ4n) is 6.03. The maximum Gasteiger partial charge on any atom is 0.338 e. The van der Waals surface area contributed by atoms with E-state index in [9.17, 15) is 14.7 Å². The number of rotatable bonds is 9. The molecule has 3 aromatic carbocycles. The smallest absolute Gasteiger partial charge is 0.338 e. The van der Waals surface area contributed by atoms with Gasteiger partial charge in [-0.05, 0) is 55.3 Å². The molecule has 2 aliphatic heterocycles. The number of nitrogens with one attached hydrogen (secondary N) is 2. The molecule has 43 heavy (non-hydrogen) atoms. The highest BCUT2D eigenvalue weighted by Crippen LogP contribution is 2.33. The molecule has 0 radical (unpaired) electrons. The Hall–Kier alpha value is -4.51. The third-order valence-electron chi connectivity index (χ3n) is 8.29. The third-order valence-corrected chi connectivity index (χ3v) is 8.29. The number of aliphatic imine (C=N–C) groups is 1. The van der Waals surface area contributed by atoms with Gasteiger partial charge in [0.1, 0.15) is 0 Å². The summed E-state index contributed by atoms with van der Waals surface area (Å²) in [5.41, 5.74) is 4.64. The first kappa shape index (κ1) is 28.6. The van der Waals surface area contributed by atoms with Crippen LogP contribution in [0.4, 0.5) is 5.69 Å². The number of nitrogens with zero attached hydrogens (tertiary/aromatic N) is 3. The van der Waals surface area contributed by atoms with E-state index in [4.69, 9.17) is 14.6 Å². The number of aromatic amines is 1. The van der Waals surface area contributed by atoms with Crippen LogP contribution in [0.25, 0.3) is 10.9 Å². The SMILES string of the molecule is COC(=O)c1cc2[nH]c(O)c(C(=Nc3ccc(C(=O)N(C)OCCN4C[C@@H]5C[C@H]4CN5)cc3)c3ccccc3)c2cc1C. The Balaban J connectivity index is 1.24. The van der Waals surface area contributed by atoms with Crippen LogP contribution in [-0.2, 0) is 9.57 Å². The molecule has 222 valence electrons. The Morgan fingerprint density at radius 2 is 1.86 bits per heavy atom. The molecule has 4 aromatic rings. The summed E-state index contributed by atoms with van der Waals surface area (Å²) in [6.07, 6.45) is 1.19. The van der Waals surface area contributed by atoms with Crippen molar-refractivity contribution in [3.8, 4) is 5.88 Å². The van der Waals surface area contributed by atoms with Crippen molar-refractivity contribution >= 4 is 34.2 Å². The molecule has 3 N–H and O–H groups in total. The first-order chi connectivity index (χ1) is 20.8. The van der Waals surface area contributed by atoms with E-state index in [2.05, 4.69) is 15.2 Å². The number of carbonyl (C=O) groups excluding carboxylic acids is 2. The van der Waals surface area contributed by atoms with Crippen molar-refractivity contribution in [3.63, 3.8) is 0 Å². The van der Waals surface area contributed by atoms with Crippen LogP contribution in [0, 0.1) is 6.92 Å². The van der Waals surface area contributed by atoms with Crippen molar-refractivity contribution < 1.29 is 24.3 Å². The van der Waals surface area contributed by atoms with Gasteiger partial charge < -0.3 is 20.1 Å². The number of carbonyl (C=O) groups is 2. The van der Waals surface area contributed by atoms with Crippen LogP contribution in [0.2, 0.25) is 0 Å². The molecule has 6 rings (SSSR count). The van der Waals surface area contributed by atoms with Crippen LogP contribution in [0.15, 0.2) is 71.7 Å². The summed E-state index contributed by atoms with van der Waals surface area (Å²) in [5.74, 6) is -0.759. The minimum atomic E-state index is -0.450. The van der Waals surface area contributed by atoms with Crippen molar-refractivity contribution in [1.29, 1.82) is 0 Å². The summed E-state index contributed by atoms with van der Waals surface area (Å²) in [6, 6.07) is 21.2. The average molecular weight is 582 g/mol. The fourth-order valence-corrected chi connectivity index (χ4v) is 6.03. The van der Waals surface area contributed by atoms with Gasteiger partial charge in [0.2, 0.25) is 0 Å². The van der Waals surface area contributed by atoms with Crippen molar-refractivity contribution in [2.45, 2.75) is 25.4 Å². The number of amides is 1. The molecule has 10 heteroatoms. The zero-order chi connectivity index (χ0) is 30.1. The van der Waals surface area contributed by atoms with Crippen LogP contribution in [0.5, 0.6) is 5.88 Å². The number of benzene rings is 3. The van der Waals surface area contributed by atoms with Gasteiger partial charge in [-0.3, -0.25) is 14.5 Å². The molecule has 0 spiro atoms. The van der Waals surface area contributed by atoms with Gasteiger partial charge in [0.05, 0.1) is 36.2 Å². The number of aromatic hydroxyl groups is 1. The van der Waals surface area contributed by atoms with Crippen LogP contribution in [-0.4, -0.2) is 90.1 Å². The van der Waals surface area contributed by atoms with Gasteiger partial charge in [-0.2, -0.15) is 0 Å². The van der Waals surface area contributed by atoms with E-state index in [1.54, 1.807) is 37.4 Å². The molecule has 2 saturated heterocycles. The number of methoxy groups -OCH3 is 1. The van der Waals surface area contributed by atoms with Crippen LogP contribution >= 0.6 is 0 Å². The Labute approximate surface area is 249 Å². The highest BCUT2D eigenvalue weighted by atomic mass is 16.7. The van der Waals surface area contributed by atoms with Gasteiger partial charge in [0.15, 0.2) is 5.88 Å². The second-order valence-corrected chi connectivity index (χ2v) is 11.1. The van der Waals surface area contributed by atoms with Crippen molar-refractivity contribution in [1.82, 2.24) is 20.3 Å². The normalized spacial score (nSPS) is 18.3. The third kappa shape index (κ3) is 5.77. The summed E-state index contributed by atoms with van der Waals surface area (Å²) in [7, 11) is 2.97. The van der Waals surface area contributed by atoms with E-state index >= 15 is 0 Å². The van der Waals surface area contributed by atoms with E-state index in [-0.39, 0.29) is 11.8 Å². The van der Waals surface area contributed by atoms with Gasteiger partial charge in [0.25, 0.3) is 5.91 Å². The molecule has 3 heterocycles. The lowest BCUT2D eigenvalue weighted by atomic mass is 9.98. The van der Waals surface area contributed by atoms with E-state index in [0.717, 1.165) is 25.2 Å². The van der Waals surface area contributed by atoms with Gasteiger partial charge >= 0.3 is 5.97 Å². The number of aryl methyl sites for hydroxylation is 1. The number of aromatic nitrogens is 1. The monoisotopic (exact) mass is 581 g/mol. The summed E-state index contributed by atoms with van der Waals surface area (Å²) >= 11 is 0. The van der Waals surface area contributed by atoms with E-state index < -0.39 is 5.97 Å². The predicted octanol–water partition coefficient (Wildman–Crippen LogP) is 4.19. The first-order valence-electron chi connectivity index (χ1n) is 14.4. The van der Waals surface area contributed by atoms with Crippen LogP contribution in [0.3, 0.4) is 0 Å². The Kier molecular flexibility index (Phi) is 7.98. The molecule has 0 aliphatic carbocycles. The number of hydrogen-bond acceptors (Lipinski definition) is 8. The summed E-state index contributed by atoms with van der Waals surface area (Å²) in [4.78, 5) is 41.4. The van der Waals surface area contributed by atoms with Crippen molar-refractivity contribution in [2.75, 3.05) is 40.4 Å².